The van der Waals surface area contributed by atoms with Gasteiger partial charge in [-0.25, -0.2) is 4.98 Å². The van der Waals surface area contributed by atoms with Gasteiger partial charge < -0.3 is 10.1 Å². The van der Waals surface area contributed by atoms with E-state index in [9.17, 15) is 0 Å². The Hall–Kier alpha value is -0.450. The number of thiazole rings is 1. The molecule has 1 aromatic heterocycles. The van der Waals surface area contributed by atoms with E-state index in [4.69, 9.17) is 4.74 Å². The fraction of sp³-hybridized carbons (Fsp3) is 0.769. The van der Waals surface area contributed by atoms with Crippen LogP contribution in [0.25, 0.3) is 0 Å². The third-order valence-electron chi connectivity index (χ3n) is 3.17. The summed E-state index contributed by atoms with van der Waals surface area (Å²) >= 11 is 1.81. The monoisotopic (exact) mass is 254 g/mol. The molecule has 1 aliphatic rings. The van der Waals surface area contributed by atoms with Crippen LogP contribution in [0.1, 0.15) is 47.9 Å². The SMILES string of the molecule is CCCNCc1sc(C(OC)C2CC2)nc1C. The van der Waals surface area contributed by atoms with E-state index in [1.165, 1.54) is 29.1 Å². The van der Waals surface area contributed by atoms with Crippen molar-refractivity contribution in [1.29, 1.82) is 0 Å². The summed E-state index contributed by atoms with van der Waals surface area (Å²) in [4.78, 5) is 6.03. The topological polar surface area (TPSA) is 34.1 Å². The van der Waals surface area contributed by atoms with Crippen molar-refractivity contribution in [3.05, 3.63) is 15.6 Å². The minimum absolute atomic E-state index is 0.235. The molecule has 0 saturated heterocycles. The van der Waals surface area contributed by atoms with E-state index in [1.54, 1.807) is 7.11 Å². The summed E-state index contributed by atoms with van der Waals surface area (Å²) in [6, 6.07) is 0. The number of hydrogen-bond donors (Lipinski definition) is 1. The normalized spacial score (nSPS) is 17.4. The highest BCUT2D eigenvalue weighted by Crippen LogP contribution is 2.44. The summed E-state index contributed by atoms with van der Waals surface area (Å²) in [5.74, 6) is 0.710. The molecule has 1 heterocycles. The molecule has 1 aromatic rings. The molecule has 0 amide bonds. The lowest BCUT2D eigenvalue weighted by Crippen LogP contribution is -2.13. The van der Waals surface area contributed by atoms with Crippen molar-refractivity contribution in [2.45, 2.75) is 45.8 Å². The first-order valence-corrected chi connectivity index (χ1v) is 7.27. The number of methoxy groups -OCH3 is 1. The molecule has 0 aliphatic heterocycles. The maximum absolute atomic E-state index is 5.58. The second-order valence-electron chi connectivity index (χ2n) is 4.73. The van der Waals surface area contributed by atoms with Crippen LogP contribution in [0.2, 0.25) is 0 Å². The number of hydrogen-bond acceptors (Lipinski definition) is 4. The van der Waals surface area contributed by atoms with E-state index in [1.807, 2.05) is 11.3 Å². The Kier molecular flexibility index (Phi) is 4.54. The van der Waals surface area contributed by atoms with Crippen LogP contribution in [0.5, 0.6) is 0 Å². The highest BCUT2D eigenvalue weighted by Gasteiger charge is 2.34. The van der Waals surface area contributed by atoms with Crippen LogP contribution in [0.15, 0.2) is 0 Å². The zero-order valence-corrected chi connectivity index (χ0v) is 11.8. The molecule has 0 bridgehead atoms. The van der Waals surface area contributed by atoms with Gasteiger partial charge in [-0.15, -0.1) is 11.3 Å². The molecule has 1 unspecified atom stereocenters. The molecule has 1 fully saturated rings. The van der Waals surface area contributed by atoms with E-state index in [0.717, 1.165) is 18.8 Å². The fourth-order valence-corrected chi connectivity index (χ4v) is 3.22. The van der Waals surface area contributed by atoms with Crippen molar-refractivity contribution >= 4 is 11.3 Å². The van der Waals surface area contributed by atoms with Gasteiger partial charge in [0.05, 0.1) is 5.69 Å². The van der Waals surface area contributed by atoms with Gasteiger partial charge in [-0.2, -0.15) is 0 Å². The van der Waals surface area contributed by atoms with Gasteiger partial charge in [0.1, 0.15) is 11.1 Å². The number of ether oxygens (including phenoxy) is 1. The highest BCUT2D eigenvalue weighted by atomic mass is 32.1. The Morgan fingerprint density at radius 3 is 2.88 bits per heavy atom. The fourth-order valence-electron chi connectivity index (χ4n) is 2.01. The highest BCUT2D eigenvalue weighted by molar-refractivity contribution is 7.11. The number of nitrogens with one attached hydrogen (secondary N) is 1. The maximum atomic E-state index is 5.58. The van der Waals surface area contributed by atoms with E-state index < -0.39 is 0 Å². The van der Waals surface area contributed by atoms with Crippen LogP contribution in [-0.2, 0) is 11.3 Å². The third kappa shape index (κ3) is 3.27. The second kappa shape index (κ2) is 5.94. The molecule has 3 nitrogen and oxygen atoms in total. The quantitative estimate of drug-likeness (QED) is 0.759. The molecule has 0 aromatic carbocycles. The van der Waals surface area contributed by atoms with Crippen molar-refractivity contribution in [2.75, 3.05) is 13.7 Å². The summed E-state index contributed by atoms with van der Waals surface area (Å²) in [5, 5.41) is 4.60. The summed E-state index contributed by atoms with van der Waals surface area (Å²) in [6.07, 6.45) is 3.99. The summed E-state index contributed by atoms with van der Waals surface area (Å²) in [7, 11) is 1.80. The average Bonchev–Trinajstić information content (AvgIpc) is 3.07. The van der Waals surface area contributed by atoms with E-state index in [0.29, 0.717) is 5.92 Å². The summed E-state index contributed by atoms with van der Waals surface area (Å²) < 4.78 is 5.58. The lowest BCUT2D eigenvalue weighted by Gasteiger charge is -2.10. The van der Waals surface area contributed by atoms with Crippen LogP contribution in [-0.4, -0.2) is 18.6 Å². The van der Waals surface area contributed by atoms with Crippen molar-refractivity contribution in [3.8, 4) is 0 Å². The Morgan fingerprint density at radius 1 is 1.53 bits per heavy atom. The zero-order chi connectivity index (χ0) is 12.3. The molecule has 1 aliphatic carbocycles. The molecule has 17 heavy (non-hydrogen) atoms. The third-order valence-corrected chi connectivity index (χ3v) is 4.39. The van der Waals surface area contributed by atoms with Crippen LogP contribution < -0.4 is 5.32 Å². The lowest BCUT2D eigenvalue weighted by atomic mass is 10.2. The predicted octanol–water partition coefficient (Wildman–Crippen LogP) is 3.05. The molecule has 0 spiro atoms. The van der Waals surface area contributed by atoms with Gasteiger partial charge in [0, 0.05) is 18.5 Å². The first-order chi connectivity index (χ1) is 8.26. The Morgan fingerprint density at radius 2 is 2.29 bits per heavy atom. The van der Waals surface area contributed by atoms with Gasteiger partial charge in [0.25, 0.3) is 0 Å². The Labute approximate surface area is 108 Å². The van der Waals surface area contributed by atoms with Crippen LogP contribution in [0, 0.1) is 12.8 Å². The van der Waals surface area contributed by atoms with Crippen molar-refractivity contribution in [3.63, 3.8) is 0 Å². The Balaban J connectivity index is 2.01. The number of nitrogens with zero attached hydrogens (tertiary/aromatic N) is 1. The van der Waals surface area contributed by atoms with Crippen LogP contribution in [0.3, 0.4) is 0 Å². The molecule has 1 saturated carbocycles. The van der Waals surface area contributed by atoms with Crippen LogP contribution in [0.4, 0.5) is 0 Å². The number of rotatable bonds is 7. The largest absolute Gasteiger partial charge is 0.374 e. The Bertz CT molecular complexity index is 360. The first kappa shape index (κ1) is 13.0. The van der Waals surface area contributed by atoms with Gasteiger partial charge >= 0.3 is 0 Å². The second-order valence-corrected chi connectivity index (χ2v) is 5.85. The maximum Gasteiger partial charge on any atom is 0.122 e. The number of aryl methyl sites for hydroxylation is 1. The van der Waals surface area contributed by atoms with Gasteiger partial charge in [-0.1, -0.05) is 6.92 Å². The standard InChI is InChI=1S/C13H22N2OS/c1-4-7-14-8-11-9(2)15-13(17-11)12(16-3)10-5-6-10/h10,12,14H,4-8H2,1-3H3. The van der Waals surface area contributed by atoms with Gasteiger partial charge in [0.2, 0.25) is 0 Å². The molecule has 96 valence electrons. The predicted molar refractivity (Wildman–Crippen MR) is 71.3 cm³/mol. The summed E-state index contributed by atoms with van der Waals surface area (Å²) in [5.41, 5.74) is 1.16. The van der Waals surface area contributed by atoms with Gasteiger partial charge in [0.15, 0.2) is 0 Å². The van der Waals surface area contributed by atoms with Crippen LogP contribution >= 0.6 is 11.3 Å². The molecule has 1 atom stereocenters. The zero-order valence-electron chi connectivity index (χ0n) is 11.0. The summed E-state index contributed by atoms with van der Waals surface area (Å²) in [6.45, 7) is 6.30. The lowest BCUT2D eigenvalue weighted by molar-refractivity contribution is 0.0843. The van der Waals surface area contributed by atoms with Gasteiger partial charge in [-0.05, 0) is 38.6 Å². The minimum atomic E-state index is 0.235. The van der Waals surface area contributed by atoms with Crippen molar-refractivity contribution in [1.82, 2.24) is 10.3 Å². The average molecular weight is 254 g/mol. The first-order valence-electron chi connectivity index (χ1n) is 6.46. The molecule has 1 N–H and O–H groups in total. The van der Waals surface area contributed by atoms with Crippen molar-refractivity contribution in [2.24, 2.45) is 5.92 Å². The van der Waals surface area contributed by atoms with E-state index in [-0.39, 0.29) is 6.10 Å². The number of aromatic nitrogens is 1. The van der Waals surface area contributed by atoms with Crippen molar-refractivity contribution < 1.29 is 4.74 Å². The molecule has 4 heteroatoms. The molecular weight excluding hydrogens is 232 g/mol. The molecule has 2 rings (SSSR count). The molecule has 0 radical (unpaired) electrons. The van der Waals surface area contributed by atoms with Gasteiger partial charge in [-0.3, -0.25) is 0 Å². The molecular formula is C13H22N2OS. The minimum Gasteiger partial charge on any atom is -0.374 e. The van der Waals surface area contributed by atoms with E-state index >= 15 is 0 Å². The van der Waals surface area contributed by atoms with E-state index in [2.05, 4.69) is 24.1 Å². The smallest absolute Gasteiger partial charge is 0.122 e.